The van der Waals surface area contributed by atoms with Crippen molar-refractivity contribution in [3.8, 4) is 0 Å². The average molecular weight is 306 g/mol. The van der Waals surface area contributed by atoms with Crippen molar-refractivity contribution in [3.63, 3.8) is 0 Å². The summed E-state index contributed by atoms with van der Waals surface area (Å²) < 4.78 is 23.6. The van der Waals surface area contributed by atoms with Crippen LogP contribution in [0.5, 0.6) is 0 Å². The Labute approximate surface area is 126 Å². The number of esters is 1. The summed E-state index contributed by atoms with van der Waals surface area (Å²) in [6.45, 7) is 5.12. The number of hydrogen-bond donors (Lipinski definition) is 1. The standard InChI is InChI=1S/C15H15FN2O4/c1-4-21-15(20)10-7-12(11(16)5-8(10)2)17-14(19)13-6-9(3)18-22-13/h5-7H,4H2,1-3H3,(H,17,19). The lowest BCUT2D eigenvalue weighted by Gasteiger charge is -2.10. The van der Waals surface area contributed by atoms with Gasteiger partial charge in [-0.3, -0.25) is 4.79 Å². The number of nitrogens with zero attached hydrogens (tertiary/aromatic N) is 1. The van der Waals surface area contributed by atoms with E-state index >= 15 is 0 Å². The zero-order valence-electron chi connectivity index (χ0n) is 12.4. The van der Waals surface area contributed by atoms with Crippen LogP contribution in [0.15, 0.2) is 22.7 Å². The molecule has 0 aliphatic rings. The Morgan fingerprint density at radius 3 is 2.64 bits per heavy atom. The van der Waals surface area contributed by atoms with Crippen molar-refractivity contribution >= 4 is 17.6 Å². The quantitative estimate of drug-likeness (QED) is 0.878. The predicted molar refractivity (Wildman–Crippen MR) is 76.3 cm³/mol. The van der Waals surface area contributed by atoms with Gasteiger partial charge in [-0.05, 0) is 38.5 Å². The fourth-order valence-electron chi connectivity index (χ4n) is 1.85. The first kappa shape index (κ1) is 15.7. The first-order valence-corrected chi connectivity index (χ1v) is 6.64. The molecule has 0 spiro atoms. The molecule has 0 unspecified atom stereocenters. The van der Waals surface area contributed by atoms with Crippen LogP contribution >= 0.6 is 0 Å². The molecule has 1 N–H and O–H groups in total. The van der Waals surface area contributed by atoms with Crippen molar-refractivity contribution in [1.82, 2.24) is 5.16 Å². The summed E-state index contributed by atoms with van der Waals surface area (Å²) in [5.74, 6) is -1.94. The highest BCUT2D eigenvalue weighted by molar-refractivity contribution is 6.03. The van der Waals surface area contributed by atoms with Crippen LogP contribution < -0.4 is 5.32 Å². The Kier molecular flexibility index (Phi) is 4.55. The Bertz CT molecular complexity index is 724. The van der Waals surface area contributed by atoms with E-state index in [-0.39, 0.29) is 23.6 Å². The van der Waals surface area contributed by atoms with Crippen LogP contribution in [-0.4, -0.2) is 23.6 Å². The highest BCUT2D eigenvalue weighted by Gasteiger charge is 2.18. The van der Waals surface area contributed by atoms with Gasteiger partial charge >= 0.3 is 5.97 Å². The van der Waals surface area contributed by atoms with Crippen LogP contribution in [0.25, 0.3) is 0 Å². The van der Waals surface area contributed by atoms with Crippen LogP contribution in [0, 0.1) is 19.7 Å². The largest absolute Gasteiger partial charge is 0.462 e. The third-order valence-corrected chi connectivity index (χ3v) is 2.91. The molecular formula is C15H15FN2O4. The van der Waals surface area contributed by atoms with Gasteiger partial charge in [0.15, 0.2) is 0 Å². The van der Waals surface area contributed by atoms with E-state index in [9.17, 15) is 14.0 Å². The van der Waals surface area contributed by atoms with Gasteiger partial charge in [-0.25, -0.2) is 9.18 Å². The first-order chi connectivity index (χ1) is 10.4. The molecule has 0 atom stereocenters. The molecule has 0 bridgehead atoms. The third-order valence-electron chi connectivity index (χ3n) is 2.91. The van der Waals surface area contributed by atoms with Crippen LogP contribution in [-0.2, 0) is 4.74 Å². The Balaban J connectivity index is 2.29. The highest BCUT2D eigenvalue weighted by Crippen LogP contribution is 2.21. The summed E-state index contributed by atoms with van der Waals surface area (Å²) in [7, 11) is 0. The van der Waals surface area contributed by atoms with Crippen molar-refractivity contribution in [2.45, 2.75) is 20.8 Å². The van der Waals surface area contributed by atoms with Gasteiger partial charge in [0.05, 0.1) is 23.6 Å². The molecule has 2 rings (SSSR count). The number of halogens is 1. The molecule has 1 aromatic carbocycles. The Hall–Kier alpha value is -2.70. The maximum absolute atomic E-state index is 13.9. The van der Waals surface area contributed by atoms with Crippen LogP contribution in [0.1, 0.15) is 39.1 Å². The predicted octanol–water partition coefficient (Wildman–Crippen LogP) is 2.86. The van der Waals surface area contributed by atoms with E-state index in [0.29, 0.717) is 11.3 Å². The van der Waals surface area contributed by atoms with Crippen molar-refractivity contribution < 1.29 is 23.2 Å². The van der Waals surface area contributed by atoms with Crippen LogP contribution in [0.4, 0.5) is 10.1 Å². The summed E-state index contributed by atoms with van der Waals surface area (Å²) in [4.78, 5) is 23.7. The molecule has 2 aromatic rings. The third kappa shape index (κ3) is 3.30. The van der Waals surface area contributed by atoms with E-state index in [1.165, 1.54) is 12.1 Å². The molecule has 1 amide bonds. The topological polar surface area (TPSA) is 81.4 Å². The number of aryl methyl sites for hydroxylation is 2. The first-order valence-electron chi connectivity index (χ1n) is 6.64. The molecule has 0 radical (unpaired) electrons. The molecule has 22 heavy (non-hydrogen) atoms. The molecule has 0 aliphatic heterocycles. The summed E-state index contributed by atoms with van der Waals surface area (Å²) in [6, 6.07) is 3.82. The lowest BCUT2D eigenvalue weighted by atomic mass is 10.1. The number of benzene rings is 1. The van der Waals surface area contributed by atoms with Gasteiger partial charge in [-0.15, -0.1) is 0 Å². The molecule has 1 aromatic heterocycles. The zero-order valence-corrected chi connectivity index (χ0v) is 12.4. The number of nitrogens with one attached hydrogen (secondary N) is 1. The van der Waals surface area contributed by atoms with Crippen molar-refractivity contribution in [1.29, 1.82) is 0 Å². The molecule has 0 saturated carbocycles. The Morgan fingerprint density at radius 2 is 2.05 bits per heavy atom. The van der Waals surface area contributed by atoms with E-state index in [4.69, 9.17) is 9.26 Å². The van der Waals surface area contributed by atoms with E-state index in [2.05, 4.69) is 10.5 Å². The molecule has 0 aliphatic carbocycles. The molecule has 0 fully saturated rings. The van der Waals surface area contributed by atoms with Gasteiger partial charge in [0.25, 0.3) is 5.91 Å². The van der Waals surface area contributed by atoms with Crippen molar-refractivity contribution in [3.05, 3.63) is 46.6 Å². The lowest BCUT2D eigenvalue weighted by molar-refractivity contribution is 0.0525. The smallest absolute Gasteiger partial charge is 0.338 e. The van der Waals surface area contributed by atoms with E-state index in [1.54, 1.807) is 20.8 Å². The number of aromatic nitrogens is 1. The minimum atomic E-state index is -0.657. The summed E-state index contributed by atoms with van der Waals surface area (Å²) in [5.41, 5.74) is 1.01. The number of ether oxygens (including phenoxy) is 1. The monoisotopic (exact) mass is 306 g/mol. The molecular weight excluding hydrogens is 291 g/mol. The normalized spacial score (nSPS) is 10.4. The second kappa shape index (κ2) is 6.38. The van der Waals surface area contributed by atoms with Crippen molar-refractivity contribution in [2.24, 2.45) is 0 Å². The minimum Gasteiger partial charge on any atom is -0.462 e. The molecule has 6 nitrogen and oxygen atoms in total. The maximum Gasteiger partial charge on any atom is 0.338 e. The van der Waals surface area contributed by atoms with Crippen LogP contribution in [0.2, 0.25) is 0 Å². The van der Waals surface area contributed by atoms with E-state index in [0.717, 1.165) is 6.07 Å². The maximum atomic E-state index is 13.9. The fraction of sp³-hybridized carbons (Fsp3) is 0.267. The summed E-state index contributed by atoms with van der Waals surface area (Å²) in [5, 5.41) is 5.93. The van der Waals surface area contributed by atoms with Gasteiger partial charge in [0.1, 0.15) is 5.82 Å². The van der Waals surface area contributed by atoms with Gasteiger partial charge in [0.2, 0.25) is 5.76 Å². The lowest BCUT2D eigenvalue weighted by Crippen LogP contribution is -2.14. The minimum absolute atomic E-state index is 0.0461. The molecule has 1 heterocycles. The van der Waals surface area contributed by atoms with E-state index < -0.39 is 17.7 Å². The number of hydrogen-bond acceptors (Lipinski definition) is 5. The van der Waals surface area contributed by atoms with Crippen molar-refractivity contribution in [2.75, 3.05) is 11.9 Å². The number of rotatable bonds is 4. The number of carbonyl (C=O) groups is 2. The average Bonchev–Trinajstić information content (AvgIpc) is 2.88. The van der Waals surface area contributed by atoms with Gasteiger partial charge in [-0.2, -0.15) is 0 Å². The summed E-state index contributed by atoms with van der Waals surface area (Å²) in [6.07, 6.45) is 0. The molecule has 116 valence electrons. The SMILES string of the molecule is CCOC(=O)c1cc(NC(=O)c2cc(C)no2)c(F)cc1C. The van der Waals surface area contributed by atoms with Gasteiger partial charge in [0, 0.05) is 6.07 Å². The van der Waals surface area contributed by atoms with E-state index in [1.807, 2.05) is 0 Å². The number of carbonyl (C=O) groups excluding carboxylic acids is 2. The fourth-order valence-corrected chi connectivity index (χ4v) is 1.85. The van der Waals surface area contributed by atoms with Crippen LogP contribution in [0.3, 0.4) is 0 Å². The second-order valence-electron chi connectivity index (χ2n) is 4.65. The number of anilines is 1. The summed E-state index contributed by atoms with van der Waals surface area (Å²) >= 11 is 0. The number of amides is 1. The zero-order chi connectivity index (χ0) is 16.3. The Morgan fingerprint density at radius 1 is 1.32 bits per heavy atom. The molecule has 0 saturated heterocycles. The van der Waals surface area contributed by atoms with Gasteiger partial charge < -0.3 is 14.6 Å². The second-order valence-corrected chi connectivity index (χ2v) is 4.65. The molecule has 7 heteroatoms. The highest BCUT2D eigenvalue weighted by atomic mass is 19.1. The van der Waals surface area contributed by atoms with Gasteiger partial charge in [-0.1, -0.05) is 5.16 Å².